The Morgan fingerprint density at radius 2 is 1.15 bits per heavy atom. The molecule has 0 aliphatic heterocycles. The first-order valence-electron chi connectivity index (χ1n) is 14.7. The summed E-state index contributed by atoms with van der Waals surface area (Å²) >= 11 is 10.1. The van der Waals surface area contributed by atoms with Crippen LogP contribution in [-0.4, -0.2) is 38.2 Å². The van der Waals surface area contributed by atoms with Gasteiger partial charge in [-0.1, -0.05) is 84.2 Å². The van der Waals surface area contributed by atoms with Gasteiger partial charge in [0.1, 0.15) is 11.5 Å². The zero-order valence-corrected chi connectivity index (χ0v) is 30.7. The van der Waals surface area contributed by atoms with E-state index in [0.717, 1.165) is 55.6 Å². The maximum Gasteiger partial charge on any atom is 0.332 e. The number of methoxy groups -OCH3 is 2. The van der Waals surface area contributed by atoms with Crippen LogP contribution in [0.25, 0.3) is 11.4 Å². The molecule has 2 aromatic heterocycles. The lowest BCUT2D eigenvalue weighted by molar-refractivity contribution is 0.408. The maximum absolute atomic E-state index is 12.5. The fourth-order valence-electron chi connectivity index (χ4n) is 4.67. The number of hydrogen-bond acceptors (Lipinski definition) is 4. The van der Waals surface area contributed by atoms with Crippen molar-refractivity contribution in [3.05, 3.63) is 163 Å². The van der Waals surface area contributed by atoms with Crippen LogP contribution >= 0.6 is 47.8 Å². The van der Waals surface area contributed by atoms with E-state index < -0.39 is 0 Å². The lowest BCUT2D eigenvalue weighted by Crippen LogP contribution is -2.23. The zero-order valence-electron chi connectivity index (χ0n) is 26.0. The van der Waals surface area contributed by atoms with Gasteiger partial charge in [0.05, 0.1) is 25.6 Å². The summed E-state index contributed by atoms with van der Waals surface area (Å²) in [7, 11) is 3.36. The third-order valence-corrected chi connectivity index (χ3v) is 8.53. The molecule has 0 amide bonds. The fourth-order valence-corrected chi connectivity index (χ4v) is 5.62. The third-order valence-electron chi connectivity index (χ3n) is 7.08. The summed E-state index contributed by atoms with van der Waals surface area (Å²) in [5, 5.41) is 0.980. The molecule has 0 bridgehead atoms. The largest absolute Gasteiger partial charge is 0.496 e. The predicted octanol–water partition coefficient (Wildman–Crippen LogP) is 8.21. The van der Waals surface area contributed by atoms with Crippen LogP contribution < -0.4 is 20.9 Å². The molecule has 4 aromatic carbocycles. The smallest absolute Gasteiger partial charge is 0.332 e. The molecule has 6 rings (SSSR count). The van der Waals surface area contributed by atoms with Gasteiger partial charge in [-0.25, -0.2) is 9.59 Å². The molecule has 2 heterocycles. The minimum absolute atomic E-state index is 0.0396. The quantitative estimate of drug-likeness (QED) is 0.149. The average Bonchev–Trinajstić information content (AvgIpc) is 3.70. The summed E-state index contributed by atoms with van der Waals surface area (Å²) in [6.45, 7) is 0.614. The Hall–Kier alpha value is -4.06. The molecule has 244 valence electrons. The van der Waals surface area contributed by atoms with Crippen molar-refractivity contribution in [2.24, 2.45) is 0 Å². The summed E-state index contributed by atoms with van der Waals surface area (Å²) in [5.74, 6) is 1.83. The second-order valence-corrected chi connectivity index (χ2v) is 12.7. The van der Waals surface area contributed by atoms with Gasteiger partial charge in [-0.2, -0.15) is 0 Å². The number of ether oxygens (including phenoxy) is 2. The van der Waals surface area contributed by atoms with Gasteiger partial charge in [-0.15, -0.1) is 0 Å². The van der Waals surface area contributed by atoms with Crippen LogP contribution in [0.3, 0.4) is 0 Å². The lowest BCUT2D eigenvalue weighted by atomic mass is 10.1. The van der Waals surface area contributed by atoms with Crippen molar-refractivity contribution in [1.82, 2.24) is 18.7 Å². The first kappa shape index (κ1) is 35.8. The van der Waals surface area contributed by atoms with Crippen LogP contribution in [0.4, 0.5) is 0 Å². The first-order valence-corrected chi connectivity index (χ1v) is 17.4. The van der Waals surface area contributed by atoms with E-state index in [1.165, 1.54) is 5.56 Å². The Kier molecular flexibility index (Phi) is 14.0. The minimum atomic E-state index is -0.123. The van der Waals surface area contributed by atoms with Crippen LogP contribution in [-0.2, 0) is 19.4 Å². The molecular weight excluding hydrogens is 792 g/mol. The molecule has 11 heteroatoms. The predicted molar refractivity (Wildman–Crippen MR) is 199 cm³/mol. The van der Waals surface area contributed by atoms with Crippen molar-refractivity contribution < 1.29 is 9.47 Å². The number of halogens is 3. The van der Waals surface area contributed by atoms with Gasteiger partial charge in [-0.05, 0) is 84.6 Å². The number of aromatic nitrogens is 4. The molecule has 47 heavy (non-hydrogen) atoms. The topological polar surface area (TPSA) is 83.2 Å². The molecule has 0 spiro atoms. The number of aromatic amines is 1. The highest BCUT2D eigenvalue weighted by molar-refractivity contribution is 9.10. The van der Waals surface area contributed by atoms with E-state index in [1.54, 1.807) is 46.5 Å². The Morgan fingerprint density at radius 3 is 1.64 bits per heavy atom. The fraction of sp³-hybridized carbons (Fsp3) is 0.167. The van der Waals surface area contributed by atoms with Crippen LogP contribution in [0, 0.1) is 0 Å². The number of para-hydroxylation sites is 2. The number of alkyl halides is 1. The molecule has 8 nitrogen and oxygen atoms in total. The van der Waals surface area contributed by atoms with E-state index in [0.29, 0.717) is 6.54 Å². The number of imidazole rings is 2. The van der Waals surface area contributed by atoms with E-state index >= 15 is 0 Å². The number of nitrogens with one attached hydrogen (secondary N) is 1. The number of aryl methyl sites for hydroxylation is 3. The Bertz CT molecular complexity index is 1940. The molecule has 0 unspecified atom stereocenters. The van der Waals surface area contributed by atoms with E-state index in [-0.39, 0.29) is 11.4 Å². The van der Waals surface area contributed by atoms with Gasteiger partial charge in [0.15, 0.2) is 0 Å². The zero-order chi connectivity index (χ0) is 33.6. The van der Waals surface area contributed by atoms with Crippen molar-refractivity contribution >= 4 is 47.8 Å². The number of rotatable bonds is 9. The monoisotopic (exact) mass is 824 g/mol. The van der Waals surface area contributed by atoms with Crippen LogP contribution in [0.15, 0.2) is 140 Å². The highest BCUT2D eigenvalue weighted by atomic mass is 79.9. The van der Waals surface area contributed by atoms with Crippen molar-refractivity contribution in [1.29, 1.82) is 0 Å². The lowest BCUT2D eigenvalue weighted by Gasteiger charge is -2.08. The van der Waals surface area contributed by atoms with Crippen LogP contribution in [0.2, 0.25) is 0 Å². The Balaban J connectivity index is 0.000000176. The number of H-pyrrole nitrogens is 1. The van der Waals surface area contributed by atoms with Gasteiger partial charge in [0.2, 0.25) is 0 Å². The highest BCUT2D eigenvalue weighted by Crippen LogP contribution is 2.19. The number of nitrogens with zero attached hydrogens (tertiary/aromatic N) is 3. The summed E-state index contributed by atoms with van der Waals surface area (Å²) in [5.41, 5.74) is 3.90. The van der Waals surface area contributed by atoms with Crippen LogP contribution in [0.1, 0.15) is 11.1 Å². The van der Waals surface area contributed by atoms with Gasteiger partial charge in [0, 0.05) is 45.6 Å². The minimum Gasteiger partial charge on any atom is -0.496 e. The molecule has 0 radical (unpaired) electrons. The van der Waals surface area contributed by atoms with Crippen molar-refractivity contribution in [2.75, 3.05) is 19.5 Å². The molecule has 1 N–H and O–H groups in total. The number of benzene rings is 4. The Morgan fingerprint density at radius 1 is 0.638 bits per heavy atom. The van der Waals surface area contributed by atoms with E-state index in [4.69, 9.17) is 9.47 Å². The standard InChI is InChI=1S/C18H17BrN2O2.C9H7BrN2O.C9H11BrO/c1-23-17-5-3-2-4-14(17)10-11-20-12-13-21(18(20)22)16-8-6-15(19)7-9-16;10-7-1-3-8(4-2-7)12-6-5-11-9(12)13;1-11-9-5-3-2-4-8(9)6-7-10/h2-9,12-13H,10-11H2,1H3;1-6H,(H,11,13);2-5H,6-7H2,1H3. The maximum atomic E-state index is 12.5. The van der Waals surface area contributed by atoms with Gasteiger partial charge in [0.25, 0.3) is 0 Å². The molecular formula is C36H35Br3N4O4. The summed E-state index contributed by atoms with van der Waals surface area (Å²) in [4.78, 5) is 26.3. The van der Waals surface area contributed by atoms with Crippen molar-refractivity contribution in [3.63, 3.8) is 0 Å². The first-order chi connectivity index (χ1) is 22.8. The summed E-state index contributed by atoms with van der Waals surface area (Å²) in [6, 6.07) is 31.2. The van der Waals surface area contributed by atoms with Gasteiger partial charge >= 0.3 is 11.4 Å². The average molecular weight is 827 g/mol. The van der Waals surface area contributed by atoms with Crippen molar-refractivity contribution in [3.8, 4) is 22.9 Å². The Labute approximate surface area is 299 Å². The summed E-state index contributed by atoms with van der Waals surface area (Å²) < 4.78 is 17.4. The highest BCUT2D eigenvalue weighted by Gasteiger charge is 2.07. The van der Waals surface area contributed by atoms with Gasteiger partial charge in [-0.3, -0.25) is 13.7 Å². The second-order valence-electron chi connectivity index (χ2n) is 10.0. The summed E-state index contributed by atoms with van der Waals surface area (Å²) in [6.07, 6.45) is 8.70. The third kappa shape index (κ3) is 10.2. The second kappa shape index (κ2) is 18.3. The normalized spacial score (nSPS) is 10.3. The van der Waals surface area contributed by atoms with E-state index in [9.17, 15) is 9.59 Å². The van der Waals surface area contributed by atoms with E-state index in [2.05, 4.69) is 58.8 Å². The van der Waals surface area contributed by atoms with E-state index in [1.807, 2.05) is 97.2 Å². The molecule has 0 atom stereocenters. The molecule has 0 saturated heterocycles. The molecule has 0 aliphatic carbocycles. The molecule has 0 aliphatic rings. The number of hydrogen-bond donors (Lipinski definition) is 1. The molecule has 0 fully saturated rings. The van der Waals surface area contributed by atoms with Crippen molar-refractivity contribution in [2.45, 2.75) is 19.4 Å². The molecule has 0 saturated carbocycles. The van der Waals surface area contributed by atoms with Gasteiger partial charge < -0.3 is 14.5 Å². The van der Waals surface area contributed by atoms with Crippen LogP contribution in [0.5, 0.6) is 11.5 Å². The molecule has 6 aromatic rings. The SMILES string of the molecule is COc1ccccc1CCBr.COc1ccccc1CCn1ccn(-c2ccc(Br)cc2)c1=O.O=c1[nH]ccn1-c1ccc(Br)cc1.